The zero-order chi connectivity index (χ0) is 13.8. The first-order valence-electron chi connectivity index (χ1n) is 5.88. The molecule has 0 fully saturated rings. The largest absolute Gasteiger partial charge is 0.384 e. The molecule has 19 heavy (non-hydrogen) atoms. The smallest absolute Gasteiger partial charge is 0.122 e. The third-order valence-corrected chi connectivity index (χ3v) is 4.29. The van der Waals surface area contributed by atoms with Crippen LogP contribution in [0.25, 0.3) is 0 Å². The Labute approximate surface area is 122 Å². The molecule has 0 aliphatic heterocycles. The van der Waals surface area contributed by atoms with E-state index in [4.69, 9.17) is 22.7 Å². The lowest BCUT2D eigenvalue weighted by Crippen LogP contribution is -2.10. The van der Waals surface area contributed by atoms with Crippen LogP contribution in [0.5, 0.6) is 0 Å². The van der Waals surface area contributed by atoms with Gasteiger partial charge in [0.1, 0.15) is 5.84 Å². The molecule has 0 aliphatic carbocycles. The Morgan fingerprint density at radius 1 is 1.26 bits per heavy atom. The number of nitrogen functional groups attached to an aromatic ring is 1. The summed E-state index contributed by atoms with van der Waals surface area (Å²) in [5.74, 6) is 0.915. The van der Waals surface area contributed by atoms with Crippen LogP contribution in [0.1, 0.15) is 16.7 Å². The highest BCUT2D eigenvalue weighted by atomic mass is 35.5. The minimum atomic E-state index is 0.0390. The summed E-state index contributed by atoms with van der Waals surface area (Å²) in [5, 5.41) is 8.02. The predicted octanol–water partition coefficient (Wildman–Crippen LogP) is 4.22. The highest BCUT2D eigenvalue weighted by molar-refractivity contribution is 7.98. The van der Waals surface area contributed by atoms with Gasteiger partial charge in [0.15, 0.2) is 0 Å². The fraction of sp³-hybridized carbons (Fsp3) is 0.133. The van der Waals surface area contributed by atoms with Crippen LogP contribution in [-0.4, -0.2) is 5.84 Å². The lowest BCUT2D eigenvalue weighted by molar-refractivity contribution is 1.33. The number of aryl methyl sites for hydroxylation is 1. The summed E-state index contributed by atoms with van der Waals surface area (Å²) in [6.07, 6.45) is 0. The first kappa shape index (κ1) is 14.0. The number of thioether (sulfide) groups is 1. The molecule has 0 spiro atoms. The van der Waals surface area contributed by atoms with E-state index in [9.17, 15) is 0 Å². The van der Waals surface area contributed by atoms with E-state index in [-0.39, 0.29) is 5.84 Å². The van der Waals surface area contributed by atoms with E-state index in [0.717, 1.165) is 10.6 Å². The standard InChI is InChI=1S/C15H15ClN2S/c1-10-3-2-4-11(7-10)9-19-14-6-5-12(15(17)18)8-13(14)16/h2-8H,9H2,1H3,(H3,17,18). The van der Waals surface area contributed by atoms with Crippen molar-refractivity contribution in [1.29, 1.82) is 5.41 Å². The Bertz CT molecular complexity index is 611. The number of hydrogen-bond acceptors (Lipinski definition) is 2. The molecule has 4 heteroatoms. The summed E-state index contributed by atoms with van der Waals surface area (Å²) in [7, 11) is 0. The molecule has 98 valence electrons. The van der Waals surface area contributed by atoms with E-state index < -0.39 is 0 Å². The second-order valence-corrected chi connectivity index (χ2v) is 5.76. The minimum absolute atomic E-state index is 0.0390. The maximum absolute atomic E-state index is 7.37. The molecule has 0 aliphatic rings. The van der Waals surface area contributed by atoms with Crippen molar-refractivity contribution >= 4 is 29.2 Å². The SMILES string of the molecule is Cc1cccc(CSc2ccc(C(=N)N)cc2Cl)c1. The van der Waals surface area contributed by atoms with Crippen molar-refractivity contribution in [2.75, 3.05) is 0 Å². The summed E-state index contributed by atoms with van der Waals surface area (Å²) >= 11 is 7.88. The van der Waals surface area contributed by atoms with Crippen molar-refractivity contribution in [1.82, 2.24) is 0 Å². The molecular weight excluding hydrogens is 276 g/mol. The molecule has 0 unspecified atom stereocenters. The second-order valence-electron chi connectivity index (χ2n) is 4.34. The lowest BCUT2D eigenvalue weighted by Gasteiger charge is -2.07. The maximum atomic E-state index is 7.37. The van der Waals surface area contributed by atoms with Gasteiger partial charge >= 0.3 is 0 Å². The molecule has 3 N–H and O–H groups in total. The van der Waals surface area contributed by atoms with Crippen LogP contribution in [0.3, 0.4) is 0 Å². The summed E-state index contributed by atoms with van der Waals surface area (Å²) < 4.78 is 0. The number of halogens is 1. The fourth-order valence-electron chi connectivity index (χ4n) is 1.75. The van der Waals surface area contributed by atoms with Gasteiger partial charge in [0.2, 0.25) is 0 Å². The monoisotopic (exact) mass is 290 g/mol. The van der Waals surface area contributed by atoms with Gasteiger partial charge in [0.05, 0.1) is 5.02 Å². The molecule has 2 nitrogen and oxygen atoms in total. The lowest BCUT2D eigenvalue weighted by atomic mass is 10.2. The number of rotatable bonds is 4. The quantitative estimate of drug-likeness (QED) is 0.503. The molecule has 0 aromatic heterocycles. The van der Waals surface area contributed by atoms with Gasteiger partial charge in [-0.25, -0.2) is 0 Å². The molecule has 0 bridgehead atoms. The molecule has 0 saturated carbocycles. The summed E-state index contributed by atoms with van der Waals surface area (Å²) in [5.41, 5.74) is 8.62. The van der Waals surface area contributed by atoms with Gasteiger partial charge < -0.3 is 5.73 Å². The van der Waals surface area contributed by atoms with Gasteiger partial charge in [0, 0.05) is 16.2 Å². The third-order valence-electron chi connectivity index (χ3n) is 2.72. The van der Waals surface area contributed by atoms with Crippen molar-refractivity contribution in [3.63, 3.8) is 0 Å². The topological polar surface area (TPSA) is 49.9 Å². The van der Waals surface area contributed by atoms with Crippen LogP contribution >= 0.6 is 23.4 Å². The molecule has 0 saturated heterocycles. The minimum Gasteiger partial charge on any atom is -0.384 e. The second kappa shape index (κ2) is 6.13. The summed E-state index contributed by atoms with van der Waals surface area (Å²) in [6.45, 7) is 2.09. The Hall–Kier alpha value is -1.45. The van der Waals surface area contributed by atoms with E-state index in [0.29, 0.717) is 10.6 Å². The molecule has 0 heterocycles. The molecule has 2 rings (SSSR count). The van der Waals surface area contributed by atoms with Gasteiger partial charge in [-0.05, 0) is 24.6 Å². The van der Waals surface area contributed by atoms with Crippen LogP contribution in [0.4, 0.5) is 0 Å². The van der Waals surface area contributed by atoms with Gasteiger partial charge in [0.25, 0.3) is 0 Å². The molecule has 2 aromatic carbocycles. The molecule has 0 atom stereocenters. The van der Waals surface area contributed by atoms with E-state index in [1.165, 1.54) is 11.1 Å². The van der Waals surface area contributed by atoms with E-state index in [2.05, 4.69) is 31.2 Å². The van der Waals surface area contributed by atoms with E-state index in [1.807, 2.05) is 12.1 Å². The first-order valence-corrected chi connectivity index (χ1v) is 7.25. The fourth-order valence-corrected chi connectivity index (χ4v) is 2.96. The zero-order valence-corrected chi connectivity index (χ0v) is 12.2. The van der Waals surface area contributed by atoms with Gasteiger partial charge in [-0.1, -0.05) is 47.5 Å². The van der Waals surface area contributed by atoms with Crippen LogP contribution in [0.2, 0.25) is 5.02 Å². The van der Waals surface area contributed by atoms with Gasteiger partial charge in [-0.2, -0.15) is 0 Å². The molecule has 0 amide bonds. The number of amidine groups is 1. The van der Waals surface area contributed by atoms with Crippen molar-refractivity contribution < 1.29 is 0 Å². The van der Waals surface area contributed by atoms with Crippen LogP contribution in [0.15, 0.2) is 47.4 Å². The predicted molar refractivity (Wildman–Crippen MR) is 83.2 cm³/mol. The van der Waals surface area contributed by atoms with Crippen molar-refractivity contribution in [3.8, 4) is 0 Å². The van der Waals surface area contributed by atoms with Crippen molar-refractivity contribution in [3.05, 3.63) is 64.2 Å². The third kappa shape index (κ3) is 3.75. The number of benzene rings is 2. The maximum Gasteiger partial charge on any atom is 0.122 e. The summed E-state index contributed by atoms with van der Waals surface area (Å²) in [4.78, 5) is 1.01. The normalized spacial score (nSPS) is 10.4. The Morgan fingerprint density at radius 2 is 2.05 bits per heavy atom. The zero-order valence-electron chi connectivity index (χ0n) is 10.6. The average Bonchev–Trinajstić information content (AvgIpc) is 2.37. The Balaban J connectivity index is 2.10. The highest BCUT2D eigenvalue weighted by Gasteiger charge is 2.05. The van der Waals surface area contributed by atoms with Crippen molar-refractivity contribution in [2.24, 2.45) is 5.73 Å². The molecular formula is C15H15ClN2S. The number of hydrogen-bond donors (Lipinski definition) is 2. The summed E-state index contributed by atoms with van der Waals surface area (Å²) in [6, 6.07) is 13.9. The van der Waals surface area contributed by atoms with Gasteiger partial charge in [-0.3, -0.25) is 5.41 Å². The number of nitrogens with one attached hydrogen (secondary N) is 1. The van der Waals surface area contributed by atoms with Gasteiger partial charge in [-0.15, -0.1) is 11.8 Å². The number of nitrogens with two attached hydrogens (primary N) is 1. The van der Waals surface area contributed by atoms with E-state index >= 15 is 0 Å². The average molecular weight is 291 g/mol. The Kier molecular flexibility index (Phi) is 4.51. The van der Waals surface area contributed by atoms with Crippen LogP contribution in [-0.2, 0) is 5.75 Å². The molecule has 2 aromatic rings. The first-order chi connectivity index (χ1) is 9.06. The van der Waals surface area contributed by atoms with Crippen LogP contribution in [0, 0.1) is 12.3 Å². The molecule has 0 radical (unpaired) electrons. The Morgan fingerprint density at radius 3 is 2.68 bits per heavy atom. The van der Waals surface area contributed by atoms with Crippen LogP contribution < -0.4 is 5.73 Å². The highest BCUT2D eigenvalue weighted by Crippen LogP contribution is 2.30. The van der Waals surface area contributed by atoms with Crippen molar-refractivity contribution in [2.45, 2.75) is 17.6 Å². The van der Waals surface area contributed by atoms with E-state index in [1.54, 1.807) is 17.8 Å².